The van der Waals surface area contributed by atoms with Gasteiger partial charge in [-0.25, -0.2) is 4.39 Å². The van der Waals surface area contributed by atoms with Crippen molar-refractivity contribution in [3.8, 4) is 5.75 Å². The Bertz CT molecular complexity index is 1090. The van der Waals surface area contributed by atoms with Crippen LogP contribution in [0, 0.1) is 5.82 Å². The second-order valence-electron chi connectivity index (χ2n) is 8.04. The van der Waals surface area contributed by atoms with E-state index in [0.29, 0.717) is 23.4 Å². The first-order valence-electron chi connectivity index (χ1n) is 10.9. The highest BCUT2D eigenvalue weighted by molar-refractivity contribution is 6.00. The molecule has 0 heterocycles. The van der Waals surface area contributed by atoms with Gasteiger partial charge in [0.2, 0.25) is 11.8 Å². The van der Waals surface area contributed by atoms with Crippen LogP contribution in [-0.2, 0) is 22.6 Å². The molecular weight excluding hydrogens is 419 g/mol. The second kappa shape index (κ2) is 10.8. The van der Waals surface area contributed by atoms with Crippen LogP contribution in [0.5, 0.6) is 5.75 Å². The Morgan fingerprint density at radius 3 is 2.21 bits per heavy atom. The zero-order chi connectivity index (χ0) is 23.8. The van der Waals surface area contributed by atoms with Gasteiger partial charge in [0.05, 0.1) is 13.5 Å². The summed E-state index contributed by atoms with van der Waals surface area (Å²) in [6.07, 6.45) is 0.463. The molecule has 1 atom stereocenters. The van der Waals surface area contributed by atoms with Crippen LogP contribution in [0.1, 0.15) is 31.4 Å². The first-order chi connectivity index (χ1) is 15.9. The van der Waals surface area contributed by atoms with Crippen LogP contribution in [0.25, 0.3) is 0 Å². The van der Waals surface area contributed by atoms with Crippen molar-refractivity contribution in [3.05, 3.63) is 95.8 Å². The van der Waals surface area contributed by atoms with E-state index in [9.17, 15) is 14.0 Å². The molecule has 0 spiro atoms. The lowest BCUT2D eigenvalue weighted by molar-refractivity contribution is -0.145. The Morgan fingerprint density at radius 2 is 1.61 bits per heavy atom. The summed E-state index contributed by atoms with van der Waals surface area (Å²) in [6.45, 7) is 3.55. The van der Waals surface area contributed by atoms with Crippen LogP contribution in [0.3, 0.4) is 0 Å². The first kappa shape index (κ1) is 24.0. The summed E-state index contributed by atoms with van der Waals surface area (Å²) in [4.78, 5) is 28.4. The monoisotopic (exact) mass is 448 g/mol. The zero-order valence-electron chi connectivity index (χ0n) is 19.2. The van der Waals surface area contributed by atoms with Gasteiger partial charge in [-0.3, -0.25) is 9.59 Å². The highest BCUT2D eigenvalue weighted by Crippen LogP contribution is 2.27. The quantitative estimate of drug-likeness (QED) is 0.489. The number of benzene rings is 3. The van der Waals surface area contributed by atoms with E-state index in [0.717, 1.165) is 5.56 Å². The number of hydrogen-bond donors (Lipinski definition) is 1. The predicted octanol–water partition coefficient (Wildman–Crippen LogP) is 5.21. The summed E-state index contributed by atoms with van der Waals surface area (Å²) in [5.74, 6) is -0.332. The van der Waals surface area contributed by atoms with Gasteiger partial charge in [-0.15, -0.1) is 0 Å². The lowest BCUT2D eigenvalue weighted by Crippen LogP contribution is -2.56. The van der Waals surface area contributed by atoms with Crippen molar-refractivity contribution in [1.29, 1.82) is 0 Å². The standard InChI is InChI=1S/C27H29FN2O3/c1-4-27(2,26(32)29-22-14-16-23(33-3)17-15-22)30(19-21-12-8-9-13-24(21)28)25(31)18-20-10-6-5-7-11-20/h5-17H,4,18-19H2,1-3H3,(H,29,32). The summed E-state index contributed by atoms with van der Waals surface area (Å²) >= 11 is 0. The molecule has 1 unspecified atom stereocenters. The van der Waals surface area contributed by atoms with Crippen LogP contribution in [0.15, 0.2) is 78.9 Å². The van der Waals surface area contributed by atoms with E-state index in [1.54, 1.807) is 56.5 Å². The van der Waals surface area contributed by atoms with Crippen molar-refractivity contribution in [2.24, 2.45) is 0 Å². The molecule has 0 fully saturated rings. The SMILES string of the molecule is CCC(C)(C(=O)Nc1ccc(OC)cc1)N(Cc1ccccc1F)C(=O)Cc1ccccc1. The number of methoxy groups -OCH3 is 1. The van der Waals surface area contributed by atoms with Crippen LogP contribution in [0.4, 0.5) is 10.1 Å². The molecule has 3 rings (SSSR count). The Kier molecular flexibility index (Phi) is 7.83. The Labute approximate surface area is 194 Å². The van der Waals surface area contributed by atoms with Gasteiger partial charge in [0.15, 0.2) is 0 Å². The van der Waals surface area contributed by atoms with Crippen LogP contribution in [0.2, 0.25) is 0 Å². The van der Waals surface area contributed by atoms with Crippen molar-refractivity contribution >= 4 is 17.5 Å². The van der Waals surface area contributed by atoms with Gasteiger partial charge in [-0.2, -0.15) is 0 Å². The largest absolute Gasteiger partial charge is 0.497 e. The molecule has 6 heteroatoms. The number of nitrogens with one attached hydrogen (secondary N) is 1. The second-order valence-corrected chi connectivity index (χ2v) is 8.04. The molecule has 0 aromatic heterocycles. The van der Waals surface area contributed by atoms with Crippen molar-refractivity contribution in [3.63, 3.8) is 0 Å². The summed E-state index contributed by atoms with van der Waals surface area (Å²) in [7, 11) is 1.57. The molecule has 0 aliphatic rings. The molecule has 33 heavy (non-hydrogen) atoms. The highest BCUT2D eigenvalue weighted by atomic mass is 19.1. The minimum atomic E-state index is -1.20. The summed E-state index contributed by atoms with van der Waals surface area (Å²) in [5, 5.41) is 2.90. The highest BCUT2D eigenvalue weighted by Gasteiger charge is 2.41. The van der Waals surface area contributed by atoms with Crippen molar-refractivity contribution in [1.82, 2.24) is 4.90 Å². The average molecular weight is 449 g/mol. The van der Waals surface area contributed by atoms with Crippen molar-refractivity contribution < 1.29 is 18.7 Å². The first-order valence-corrected chi connectivity index (χ1v) is 10.9. The maximum Gasteiger partial charge on any atom is 0.250 e. The molecule has 0 radical (unpaired) electrons. The number of carbonyl (C=O) groups is 2. The van der Waals surface area contributed by atoms with Gasteiger partial charge < -0.3 is 15.0 Å². The van der Waals surface area contributed by atoms with Gasteiger partial charge in [0.1, 0.15) is 17.1 Å². The average Bonchev–Trinajstić information content (AvgIpc) is 2.84. The number of ether oxygens (including phenoxy) is 1. The Balaban J connectivity index is 1.92. The molecule has 3 aromatic carbocycles. The number of rotatable bonds is 9. The number of hydrogen-bond acceptors (Lipinski definition) is 3. The fraction of sp³-hybridized carbons (Fsp3) is 0.259. The van der Waals surface area contributed by atoms with E-state index in [1.807, 2.05) is 37.3 Å². The normalized spacial score (nSPS) is 12.5. The fourth-order valence-electron chi connectivity index (χ4n) is 3.61. The molecular formula is C27H29FN2O3. The van der Waals surface area contributed by atoms with E-state index in [-0.39, 0.29) is 24.8 Å². The van der Waals surface area contributed by atoms with E-state index in [1.165, 1.54) is 11.0 Å². The topological polar surface area (TPSA) is 58.6 Å². The third kappa shape index (κ3) is 5.77. The molecule has 2 amide bonds. The molecule has 0 bridgehead atoms. The van der Waals surface area contributed by atoms with Gasteiger partial charge >= 0.3 is 0 Å². The number of anilines is 1. The predicted molar refractivity (Wildman–Crippen MR) is 127 cm³/mol. The maximum atomic E-state index is 14.5. The minimum Gasteiger partial charge on any atom is -0.497 e. The van der Waals surface area contributed by atoms with E-state index in [4.69, 9.17) is 4.74 Å². The van der Waals surface area contributed by atoms with Gasteiger partial charge in [0, 0.05) is 17.8 Å². The van der Waals surface area contributed by atoms with Crippen molar-refractivity contribution in [2.45, 2.75) is 38.8 Å². The van der Waals surface area contributed by atoms with Gasteiger partial charge in [-0.1, -0.05) is 55.5 Å². The van der Waals surface area contributed by atoms with Gasteiger partial charge in [0.25, 0.3) is 0 Å². The molecule has 1 N–H and O–H groups in total. The molecule has 0 saturated carbocycles. The van der Waals surface area contributed by atoms with Crippen molar-refractivity contribution in [2.75, 3.05) is 12.4 Å². The number of nitrogens with zero attached hydrogens (tertiary/aromatic N) is 1. The molecule has 0 saturated heterocycles. The lowest BCUT2D eigenvalue weighted by Gasteiger charge is -2.40. The smallest absolute Gasteiger partial charge is 0.250 e. The third-order valence-electron chi connectivity index (χ3n) is 5.91. The summed E-state index contributed by atoms with van der Waals surface area (Å²) < 4.78 is 19.7. The number of carbonyl (C=O) groups excluding carboxylic acids is 2. The lowest BCUT2D eigenvalue weighted by atomic mass is 9.92. The molecule has 0 aliphatic heterocycles. The maximum absolute atomic E-state index is 14.5. The van der Waals surface area contributed by atoms with E-state index < -0.39 is 11.4 Å². The summed E-state index contributed by atoms with van der Waals surface area (Å²) in [5.41, 5.74) is 0.571. The molecule has 3 aromatic rings. The van der Waals surface area contributed by atoms with Crippen LogP contribution < -0.4 is 10.1 Å². The minimum absolute atomic E-state index is 0.0152. The molecule has 172 valence electrons. The Morgan fingerprint density at radius 1 is 0.970 bits per heavy atom. The third-order valence-corrected chi connectivity index (χ3v) is 5.91. The van der Waals surface area contributed by atoms with Crippen LogP contribution in [-0.4, -0.2) is 29.4 Å². The molecule has 5 nitrogen and oxygen atoms in total. The summed E-state index contributed by atoms with van der Waals surface area (Å²) in [6, 6.07) is 22.6. The fourth-order valence-corrected chi connectivity index (χ4v) is 3.61. The van der Waals surface area contributed by atoms with Gasteiger partial charge in [-0.05, 0) is 49.2 Å². The number of halogens is 1. The van der Waals surface area contributed by atoms with E-state index >= 15 is 0 Å². The Hall–Kier alpha value is -3.67. The number of amides is 2. The molecule has 0 aliphatic carbocycles. The zero-order valence-corrected chi connectivity index (χ0v) is 19.2. The van der Waals surface area contributed by atoms with Crippen LogP contribution >= 0.6 is 0 Å². The van der Waals surface area contributed by atoms with E-state index in [2.05, 4.69) is 5.32 Å².